The van der Waals surface area contributed by atoms with E-state index in [1.807, 2.05) is 33.6 Å². The van der Waals surface area contributed by atoms with E-state index in [0.717, 1.165) is 84.7 Å². The zero-order chi connectivity index (χ0) is 43.2. The number of ether oxygens (including phenoxy) is 2. The van der Waals surface area contributed by atoms with Crippen LogP contribution in [0.15, 0.2) is 98.1 Å². The van der Waals surface area contributed by atoms with Gasteiger partial charge in [0.1, 0.15) is 11.5 Å². The summed E-state index contributed by atoms with van der Waals surface area (Å²) >= 11 is 0. The van der Waals surface area contributed by atoms with Crippen LogP contribution in [-0.4, -0.2) is 41.7 Å². The number of benzene rings is 2. The maximum atomic E-state index is 12.4. The smallest absolute Gasteiger partial charge is 0.406 e. The normalized spacial score (nSPS) is 23.1. The predicted octanol–water partition coefficient (Wildman–Crippen LogP) is 12.2. The summed E-state index contributed by atoms with van der Waals surface area (Å²) in [4.78, 5) is 8.53. The third kappa shape index (κ3) is 9.61. The fourth-order valence-corrected chi connectivity index (χ4v) is 10.1. The zero-order valence-corrected chi connectivity index (χ0v) is 34.1. The van der Waals surface area contributed by atoms with Crippen LogP contribution in [0.1, 0.15) is 146 Å². The van der Waals surface area contributed by atoms with Gasteiger partial charge in [-0.05, 0) is 171 Å². The van der Waals surface area contributed by atoms with Crippen LogP contribution in [0.3, 0.4) is 0 Å². The highest BCUT2D eigenvalue weighted by Crippen LogP contribution is 2.50. The summed E-state index contributed by atoms with van der Waals surface area (Å²) in [6.07, 6.45) is 12.7. The first-order chi connectivity index (χ1) is 29.8. The van der Waals surface area contributed by atoms with Gasteiger partial charge < -0.3 is 28.5 Å². The lowest BCUT2D eigenvalue weighted by Gasteiger charge is -2.33. The third-order valence-corrected chi connectivity index (χ3v) is 13.6. The topological polar surface area (TPSA) is 93.5 Å². The Morgan fingerprint density at radius 1 is 0.484 bits per heavy atom. The van der Waals surface area contributed by atoms with E-state index in [1.54, 1.807) is 36.9 Å². The van der Waals surface area contributed by atoms with E-state index < -0.39 is 24.9 Å². The molecule has 6 aromatic rings. The third-order valence-electron chi connectivity index (χ3n) is 13.6. The second-order valence-electron chi connectivity index (χ2n) is 17.6. The number of hydrogen-bond acceptors (Lipinski definition) is 6. The van der Waals surface area contributed by atoms with Crippen LogP contribution in [-0.2, 0) is 0 Å². The average molecular weight is 861 g/mol. The quantitative estimate of drug-likeness (QED) is 0.133. The average Bonchev–Trinajstić information content (AvgIpc) is 4.19. The van der Waals surface area contributed by atoms with Crippen molar-refractivity contribution in [3.63, 3.8) is 0 Å². The number of aromatic nitrogens is 4. The Labute approximate surface area is 355 Å². The maximum absolute atomic E-state index is 12.4. The molecule has 0 bridgehead atoms. The molecule has 4 saturated carbocycles. The van der Waals surface area contributed by atoms with Gasteiger partial charge in [0.15, 0.2) is 0 Å². The monoisotopic (exact) mass is 860 g/mol. The zero-order valence-electron chi connectivity index (χ0n) is 34.1. The van der Waals surface area contributed by atoms with Crippen LogP contribution in [0.2, 0.25) is 0 Å². The number of fused-ring (bicyclic) bond motifs is 2. The van der Waals surface area contributed by atoms with Crippen molar-refractivity contribution in [2.75, 3.05) is 0 Å². The van der Waals surface area contributed by atoms with Gasteiger partial charge >= 0.3 is 12.7 Å². The Balaban J connectivity index is 0.000000158. The van der Waals surface area contributed by atoms with Crippen LogP contribution < -0.4 is 9.47 Å². The Morgan fingerprint density at radius 3 is 1.15 bits per heavy atom. The highest BCUT2D eigenvalue weighted by atomic mass is 19.4. The van der Waals surface area contributed by atoms with Crippen molar-refractivity contribution >= 4 is 11.0 Å². The minimum atomic E-state index is -4.67. The predicted molar refractivity (Wildman–Crippen MR) is 220 cm³/mol. The van der Waals surface area contributed by atoms with E-state index in [1.165, 1.54) is 61.1 Å². The van der Waals surface area contributed by atoms with Gasteiger partial charge in [-0.25, -0.2) is 9.97 Å². The van der Waals surface area contributed by atoms with Crippen molar-refractivity contribution in [2.24, 2.45) is 11.8 Å². The molecule has 2 N–H and O–H groups in total. The van der Waals surface area contributed by atoms with E-state index in [2.05, 4.69) is 31.6 Å². The first-order valence-electron chi connectivity index (χ1n) is 21.7. The van der Waals surface area contributed by atoms with Crippen LogP contribution in [0, 0.1) is 11.8 Å². The molecule has 14 heteroatoms. The number of aliphatic hydroxyl groups excluding tert-OH is 2. The Morgan fingerprint density at radius 2 is 0.823 bits per heavy atom. The summed E-state index contributed by atoms with van der Waals surface area (Å²) in [5, 5.41) is 22.7. The maximum Gasteiger partial charge on any atom is 0.573 e. The Kier molecular flexibility index (Phi) is 11.7. The van der Waals surface area contributed by atoms with Crippen molar-refractivity contribution in [1.82, 2.24) is 18.8 Å². The highest BCUT2D eigenvalue weighted by Gasteiger charge is 2.37. The van der Waals surface area contributed by atoms with Crippen molar-refractivity contribution in [1.29, 1.82) is 0 Å². The second kappa shape index (κ2) is 17.2. The fourth-order valence-electron chi connectivity index (χ4n) is 10.1. The van der Waals surface area contributed by atoms with Gasteiger partial charge in [0.25, 0.3) is 0 Å². The molecule has 4 aliphatic rings. The summed E-state index contributed by atoms with van der Waals surface area (Å²) in [7, 11) is 0. The molecule has 62 heavy (non-hydrogen) atoms. The van der Waals surface area contributed by atoms with Gasteiger partial charge in [-0.3, -0.25) is 0 Å². The number of imidazole rings is 2. The highest BCUT2D eigenvalue weighted by molar-refractivity contribution is 5.60. The molecule has 0 radical (unpaired) electrons. The molecule has 2 atom stereocenters. The molecule has 4 aliphatic carbocycles. The van der Waals surface area contributed by atoms with Crippen LogP contribution >= 0.6 is 0 Å². The SMILES string of the molecule is O[C@@H](c1c(C2CC2)ccn2cncc12)C1CCC(c2ccc(OC(F)(F)F)cc2)CC1.O[C@H](c1c(C2CC2)ccn2cncc12)C1CCC(c2ccc(OC(F)(F)F)cc2)CC1. The molecule has 0 amide bonds. The molecule has 0 aliphatic heterocycles. The molecule has 4 aromatic heterocycles. The van der Waals surface area contributed by atoms with Crippen molar-refractivity contribution < 1.29 is 46.0 Å². The number of pyridine rings is 2. The number of halogens is 6. The van der Waals surface area contributed by atoms with Crippen LogP contribution in [0.5, 0.6) is 11.5 Å². The van der Waals surface area contributed by atoms with Gasteiger partial charge in [-0.15, -0.1) is 26.3 Å². The molecule has 4 fully saturated rings. The summed E-state index contributed by atoms with van der Waals surface area (Å²) in [5.74, 6) is 1.61. The number of alkyl halides is 6. The molecule has 4 heterocycles. The summed E-state index contributed by atoms with van der Waals surface area (Å²) in [6, 6.07) is 16.7. The molecule has 8 nitrogen and oxygen atoms in total. The Hall–Kier alpha value is -5.08. The number of nitrogens with zero attached hydrogens (tertiary/aromatic N) is 4. The molecular weight excluding hydrogens is 811 g/mol. The van der Waals surface area contributed by atoms with Gasteiger partial charge in [-0.2, -0.15) is 0 Å². The van der Waals surface area contributed by atoms with Gasteiger partial charge in [0.2, 0.25) is 0 Å². The molecule has 2 aromatic carbocycles. The number of aliphatic hydroxyl groups is 2. The molecular formula is C48H50F6N4O4. The van der Waals surface area contributed by atoms with Gasteiger partial charge in [0.05, 0.1) is 48.3 Å². The first-order valence-corrected chi connectivity index (χ1v) is 21.7. The van der Waals surface area contributed by atoms with Crippen molar-refractivity contribution in [2.45, 2.75) is 126 Å². The fraction of sp³-hybridized carbons (Fsp3) is 0.458. The largest absolute Gasteiger partial charge is 0.573 e. The first kappa shape index (κ1) is 42.2. The molecule has 0 spiro atoms. The van der Waals surface area contributed by atoms with Gasteiger partial charge in [-0.1, -0.05) is 24.3 Å². The summed E-state index contributed by atoms with van der Waals surface area (Å²) in [5.41, 5.74) is 8.58. The van der Waals surface area contributed by atoms with E-state index in [-0.39, 0.29) is 35.2 Å². The number of rotatable bonds is 10. The van der Waals surface area contributed by atoms with E-state index in [4.69, 9.17) is 0 Å². The van der Waals surface area contributed by atoms with Crippen LogP contribution in [0.4, 0.5) is 26.3 Å². The molecule has 0 saturated heterocycles. The molecule has 0 unspecified atom stereocenters. The van der Waals surface area contributed by atoms with Crippen molar-refractivity contribution in [3.05, 3.63) is 131 Å². The van der Waals surface area contributed by atoms with E-state index in [0.29, 0.717) is 11.8 Å². The molecule has 10 rings (SSSR count). The van der Waals surface area contributed by atoms with E-state index >= 15 is 0 Å². The summed E-state index contributed by atoms with van der Waals surface area (Å²) < 4.78 is 86.1. The standard InChI is InChI=1S/2C24H25F3N2O2/c2*25-24(26,27)31-19-9-7-16(8-10-19)15-1-5-18(6-2-15)23(30)22-20(17-3-4-17)11-12-29-14-28-13-21(22)29/h2*7-15,17-18,23,30H,1-6H2/t2*15?,18?,23-/m10/s1. The lowest BCUT2D eigenvalue weighted by molar-refractivity contribution is -0.275. The minimum Gasteiger partial charge on any atom is -0.406 e. The number of hydrogen-bond donors (Lipinski definition) is 2. The molecule has 328 valence electrons. The lowest BCUT2D eigenvalue weighted by Crippen LogP contribution is -2.21. The minimum absolute atomic E-state index is 0.169. The van der Waals surface area contributed by atoms with E-state index in [9.17, 15) is 36.6 Å². The van der Waals surface area contributed by atoms with Crippen LogP contribution in [0.25, 0.3) is 11.0 Å². The lowest BCUT2D eigenvalue weighted by atomic mass is 9.75. The van der Waals surface area contributed by atoms with Gasteiger partial charge in [0, 0.05) is 23.5 Å². The Bertz CT molecular complexity index is 2270. The van der Waals surface area contributed by atoms with Crippen molar-refractivity contribution in [3.8, 4) is 11.5 Å². The second-order valence-corrected chi connectivity index (χ2v) is 17.6. The summed E-state index contributed by atoms with van der Waals surface area (Å²) in [6.45, 7) is 0.